The van der Waals surface area contributed by atoms with Gasteiger partial charge in [-0.1, -0.05) is 55.7 Å². The molecule has 0 aromatic heterocycles. The molecule has 0 spiro atoms. The molecule has 0 radical (unpaired) electrons. The van der Waals surface area contributed by atoms with E-state index in [2.05, 4.69) is 46.9 Å². The first-order valence-electron chi connectivity index (χ1n) is 7.77. The zero-order valence-corrected chi connectivity index (χ0v) is 14.3. The highest BCUT2D eigenvalue weighted by Gasteiger charge is 2.16. The molecule has 1 fully saturated rings. The van der Waals surface area contributed by atoms with E-state index in [4.69, 9.17) is 0 Å². The first-order chi connectivity index (χ1) is 10.2. The fraction of sp³-hybridized carbons (Fsp3) is 0.368. The SMILES string of the molecule is OC(c1ccc(I)cc1)c1ccc(C2CCCCC2)cc1. The molecule has 1 saturated carbocycles. The number of hydrogen-bond donors (Lipinski definition) is 1. The maximum atomic E-state index is 10.5. The molecule has 1 aliphatic carbocycles. The summed E-state index contributed by atoms with van der Waals surface area (Å²) in [6.07, 6.45) is 6.22. The van der Waals surface area contributed by atoms with Crippen molar-refractivity contribution in [2.75, 3.05) is 0 Å². The van der Waals surface area contributed by atoms with Crippen LogP contribution in [-0.2, 0) is 0 Å². The van der Waals surface area contributed by atoms with E-state index in [0.717, 1.165) is 17.0 Å². The summed E-state index contributed by atoms with van der Waals surface area (Å²) < 4.78 is 1.19. The molecule has 0 aliphatic heterocycles. The largest absolute Gasteiger partial charge is 0.384 e. The smallest absolute Gasteiger partial charge is 0.104 e. The van der Waals surface area contributed by atoms with Gasteiger partial charge in [0.05, 0.1) is 0 Å². The molecule has 0 amide bonds. The summed E-state index contributed by atoms with van der Waals surface area (Å²) in [5.41, 5.74) is 3.38. The average molecular weight is 392 g/mol. The van der Waals surface area contributed by atoms with Crippen molar-refractivity contribution >= 4 is 22.6 Å². The zero-order chi connectivity index (χ0) is 14.7. The number of halogens is 1. The van der Waals surface area contributed by atoms with Crippen LogP contribution in [0.25, 0.3) is 0 Å². The van der Waals surface area contributed by atoms with Gasteiger partial charge in [0.25, 0.3) is 0 Å². The van der Waals surface area contributed by atoms with E-state index in [9.17, 15) is 5.11 Å². The Morgan fingerprint density at radius 3 is 1.90 bits per heavy atom. The molecule has 21 heavy (non-hydrogen) atoms. The molecule has 2 heteroatoms. The van der Waals surface area contributed by atoms with Gasteiger partial charge in [-0.15, -0.1) is 0 Å². The van der Waals surface area contributed by atoms with Crippen molar-refractivity contribution in [3.05, 3.63) is 68.8 Å². The third-order valence-electron chi connectivity index (χ3n) is 4.51. The molecule has 0 saturated heterocycles. The highest BCUT2D eigenvalue weighted by Crippen LogP contribution is 2.33. The van der Waals surface area contributed by atoms with E-state index in [1.807, 2.05) is 24.3 Å². The Bertz CT molecular complexity index is 568. The van der Waals surface area contributed by atoms with Gasteiger partial charge in [0, 0.05) is 3.57 Å². The number of rotatable bonds is 3. The lowest BCUT2D eigenvalue weighted by Crippen LogP contribution is -2.05. The summed E-state index contributed by atoms with van der Waals surface area (Å²) in [6.45, 7) is 0. The molecule has 2 aromatic rings. The van der Waals surface area contributed by atoms with Gasteiger partial charge >= 0.3 is 0 Å². The van der Waals surface area contributed by atoms with E-state index in [1.54, 1.807) is 0 Å². The van der Waals surface area contributed by atoms with E-state index in [-0.39, 0.29) is 0 Å². The first kappa shape index (κ1) is 15.0. The van der Waals surface area contributed by atoms with Gasteiger partial charge in [-0.25, -0.2) is 0 Å². The summed E-state index contributed by atoms with van der Waals surface area (Å²) in [7, 11) is 0. The van der Waals surface area contributed by atoms with E-state index >= 15 is 0 Å². The van der Waals surface area contributed by atoms with Gasteiger partial charge in [0.1, 0.15) is 6.10 Å². The van der Waals surface area contributed by atoms with Crippen LogP contribution in [0, 0.1) is 3.57 Å². The quantitative estimate of drug-likeness (QED) is 0.692. The fourth-order valence-corrected chi connectivity index (χ4v) is 3.58. The van der Waals surface area contributed by atoms with E-state index in [0.29, 0.717) is 0 Å². The molecular weight excluding hydrogens is 371 g/mol. The predicted octanol–water partition coefficient (Wildman–Crippen LogP) is 5.42. The van der Waals surface area contributed by atoms with Gasteiger partial charge in [-0.2, -0.15) is 0 Å². The average Bonchev–Trinajstić information content (AvgIpc) is 2.56. The number of hydrogen-bond acceptors (Lipinski definition) is 1. The Morgan fingerprint density at radius 1 is 0.810 bits per heavy atom. The van der Waals surface area contributed by atoms with Crippen LogP contribution in [0.4, 0.5) is 0 Å². The highest BCUT2D eigenvalue weighted by molar-refractivity contribution is 14.1. The standard InChI is InChI=1S/C19H21IO/c20-18-12-10-17(11-13-18)19(21)16-8-6-15(7-9-16)14-4-2-1-3-5-14/h6-14,19,21H,1-5H2. The molecule has 0 heterocycles. The molecule has 1 atom stereocenters. The van der Waals surface area contributed by atoms with Crippen molar-refractivity contribution in [3.8, 4) is 0 Å². The molecule has 0 bridgehead atoms. The van der Waals surface area contributed by atoms with Crippen molar-refractivity contribution in [2.24, 2.45) is 0 Å². The molecule has 1 unspecified atom stereocenters. The third-order valence-corrected chi connectivity index (χ3v) is 5.23. The van der Waals surface area contributed by atoms with Gasteiger partial charge < -0.3 is 5.11 Å². The van der Waals surface area contributed by atoms with Crippen LogP contribution in [0.15, 0.2) is 48.5 Å². The number of benzene rings is 2. The fourth-order valence-electron chi connectivity index (χ4n) is 3.22. The van der Waals surface area contributed by atoms with E-state index < -0.39 is 6.10 Å². The van der Waals surface area contributed by atoms with Crippen LogP contribution >= 0.6 is 22.6 Å². The van der Waals surface area contributed by atoms with Crippen molar-refractivity contribution < 1.29 is 5.11 Å². The van der Waals surface area contributed by atoms with Crippen molar-refractivity contribution in [2.45, 2.75) is 44.1 Å². The Labute approximate surface area is 140 Å². The molecule has 1 N–H and O–H groups in total. The summed E-state index contributed by atoms with van der Waals surface area (Å²) >= 11 is 2.28. The van der Waals surface area contributed by atoms with Gasteiger partial charge in [0.2, 0.25) is 0 Å². The summed E-state index contributed by atoms with van der Waals surface area (Å²) in [4.78, 5) is 0. The lowest BCUT2D eigenvalue weighted by atomic mass is 9.83. The second-order valence-electron chi connectivity index (χ2n) is 5.96. The lowest BCUT2D eigenvalue weighted by Gasteiger charge is -2.22. The van der Waals surface area contributed by atoms with Crippen LogP contribution < -0.4 is 0 Å². The van der Waals surface area contributed by atoms with Crippen LogP contribution in [0.5, 0.6) is 0 Å². The summed E-state index contributed by atoms with van der Waals surface area (Å²) in [6, 6.07) is 16.7. The molecule has 2 aromatic carbocycles. The van der Waals surface area contributed by atoms with Gasteiger partial charge in [-0.3, -0.25) is 0 Å². The monoisotopic (exact) mass is 392 g/mol. The number of aliphatic hydroxyl groups is 1. The van der Waals surface area contributed by atoms with Crippen LogP contribution in [0.3, 0.4) is 0 Å². The maximum absolute atomic E-state index is 10.5. The summed E-state index contributed by atoms with van der Waals surface area (Å²) in [5.74, 6) is 0.725. The molecule has 1 aliphatic rings. The summed E-state index contributed by atoms with van der Waals surface area (Å²) in [5, 5.41) is 10.5. The maximum Gasteiger partial charge on any atom is 0.104 e. The normalized spacial score (nSPS) is 17.6. The predicted molar refractivity (Wildman–Crippen MR) is 95.5 cm³/mol. The van der Waals surface area contributed by atoms with Crippen LogP contribution in [0.1, 0.15) is 60.8 Å². The molecule has 3 rings (SSSR count). The Hall–Kier alpha value is -0.870. The molecule has 110 valence electrons. The minimum absolute atomic E-state index is 0.526. The zero-order valence-electron chi connectivity index (χ0n) is 12.1. The van der Waals surface area contributed by atoms with Crippen LogP contribution in [0.2, 0.25) is 0 Å². The van der Waals surface area contributed by atoms with Crippen molar-refractivity contribution in [3.63, 3.8) is 0 Å². The van der Waals surface area contributed by atoms with Crippen LogP contribution in [-0.4, -0.2) is 5.11 Å². The first-order valence-corrected chi connectivity index (χ1v) is 8.85. The second kappa shape index (κ2) is 6.93. The van der Waals surface area contributed by atoms with Crippen molar-refractivity contribution in [1.29, 1.82) is 0 Å². The van der Waals surface area contributed by atoms with Gasteiger partial charge in [0.15, 0.2) is 0 Å². The second-order valence-corrected chi connectivity index (χ2v) is 7.20. The van der Waals surface area contributed by atoms with Gasteiger partial charge in [-0.05, 0) is 70.2 Å². The topological polar surface area (TPSA) is 20.2 Å². The van der Waals surface area contributed by atoms with Crippen molar-refractivity contribution in [1.82, 2.24) is 0 Å². The lowest BCUT2D eigenvalue weighted by molar-refractivity contribution is 0.220. The molecule has 1 nitrogen and oxygen atoms in total. The minimum atomic E-state index is -0.526. The molecular formula is C19H21IO. The third kappa shape index (κ3) is 3.67. The van der Waals surface area contributed by atoms with E-state index in [1.165, 1.54) is 41.2 Å². The number of aliphatic hydroxyl groups excluding tert-OH is 1. The Kier molecular flexibility index (Phi) is 4.96. The Balaban J connectivity index is 1.75. The minimum Gasteiger partial charge on any atom is -0.384 e. The highest BCUT2D eigenvalue weighted by atomic mass is 127. The Morgan fingerprint density at radius 2 is 1.33 bits per heavy atom.